The summed E-state index contributed by atoms with van der Waals surface area (Å²) in [5.74, 6) is 0. The van der Waals surface area contributed by atoms with Crippen LogP contribution in [0.15, 0.2) is 12.7 Å². The van der Waals surface area contributed by atoms with Crippen molar-refractivity contribution in [3.8, 4) is 0 Å². The molecule has 0 spiro atoms. The molecule has 0 bridgehead atoms. The topological polar surface area (TPSA) is 18.5 Å². The zero-order valence-corrected chi connectivity index (χ0v) is 20.0. The second-order valence-electron chi connectivity index (χ2n) is 8.48. The van der Waals surface area contributed by atoms with E-state index in [0.717, 1.165) is 19.6 Å². The summed E-state index contributed by atoms with van der Waals surface area (Å²) in [6, 6.07) is 0. The van der Waals surface area contributed by atoms with Gasteiger partial charge in [-0.15, -0.1) is 6.58 Å². The Labute approximate surface area is 172 Å². The van der Waals surface area contributed by atoms with Gasteiger partial charge >= 0.3 is 8.56 Å². The van der Waals surface area contributed by atoms with Crippen molar-refractivity contribution in [3.05, 3.63) is 12.7 Å². The minimum absolute atomic E-state index is 0.752. The molecule has 0 aromatic rings. The van der Waals surface area contributed by atoms with Gasteiger partial charge in [-0.3, -0.25) is 0 Å². The average Bonchev–Trinajstić information content (AvgIpc) is 2.64. The number of unbranched alkanes of at least 4 members (excludes halogenated alkanes) is 15. The van der Waals surface area contributed by atoms with Gasteiger partial charge in [0.25, 0.3) is 0 Å². The summed E-state index contributed by atoms with van der Waals surface area (Å²) in [5.41, 5.74) is 0. The lowest BCUT2D eigenvalue weighted by Crippen LogP contribution is -2.35. The fraction of sp³-hybridized carbons (Fsp3) is 0.917. The number of hydrogen-bond donors (Lipinski definition) is 0. The van der Waals surface area contributed by atoms with E-state index in [1.54, 1.807) is 0 Å². The highest BCUT2D eigenvalue weighted by Crippen LogP contribution is 2.14. The van der Waals surface area contributed by atoms with Crippen LogP contribution in [0.3, 0.4) is 0 Å². The molecule has 0 aliphatic heterocycles. The molecule has 0 heterocycles. The van der Waals surface area contributed by atoms with Crippen LogP contribution in [0.4, 0.5) is 0 Å². The lowest BCUT2D eigenvalue weighted by atomic mass is 10.0. The second-order valence-corrected chi connectivity index (χ2v) is 11.9. The maximum Gasteiger partial charge on any atom is 0.331 e. The van der Waals surface area contributed by atoms with Crippen LogP contribution in [0.25, 0.3) is 0 Å². The van der Waals surface area contributed by atoms with E-state index >= 15 is 0 Å². The molecule has 27 heavy (non-hydrogen) atoms. The molecule has 0 unspecified atom stereocenters. The van der Waals surface area contributed by atoms with Crippen molar-refractivity contribution >= 4 is 8.56 Å². The smallest absolute Gasteiger partial charge is 0.331 e. The van der Waals surface area contributed by atoms with Gasteiger partial charge < -0.3 is 8.85 Å². The van der Waals surface area contributed by atoms with E-state index in [-0.39, 0.29) is 0 Å². The van der Waals surface area contributed by atoms with E-state index in [4.69, 9.17) is 8.85 Å². The van der Waals surface area contributed by atoms with Gasteiger partial charge in [-0.2, -0.15) is 0 Å². The highest BCUT2D eigenvalue weighted by atomic mass is 28.4. The average molecular weight is 399 g/mol. The lowest BCUT2D eigenvalue weighted by Gasteiger charge is -2.22. The Balaban J connectivity index is 3.17. The van der Waals surface area contributed by atoms with E-state index in [0.29, 0.717) is 0 Å². The van der Waals surface area contributed by atoms with Crippen molar-refractivity contribution in [2.24, 2.45) is 0 Å². The quantitative estimate of drug-likeness (QED) is 0.103. The summed E-state index contributed by atoms with van der Waals surface area (Å²) < 4.78 is 11.8. The van der Waals surface area contributed by atoms with Gasteiger partial charge in [-0.1, -0.05) is 109 Å². The van der Waals surface area contributed by atoms with E-state index in [1.807, 2.05) is 6.08 Å². The predicted octanol–water partition coefficient (Wildman–Crippen LogP) is 8.56. The highest BCUT2D eigenvalue weighted by molar-refractivity contribution is 6.64. The van der Waals surface area contributed by atoms with Crippen molar-refractivity contribution in [3.63, 3.8) is 0 Å². The highest BCUT2D eigenvalue weighted by Gasteiger charge is 2.23. The molecule has 0 atom stereocenters. The molecular weight excluding hydrogens is 348 g/mol. The van der Waals surface area contributed by atoms with Gasteiger partial charge in [0, 0.05) is 13.2 Å². The Bertz CT molecular complexity index is 305. The predicted molar refractivity (Wildman–Crippen MR) is 124 cm³/mol. The Hall–Kier alpha value is -0.123. The summed E-state index contributed by atoms with van der Waals surface area (Å²) in [4.78, 5) is 0. The van der Waals surface area contributed by atoms with Crippen LogP contribution in [-0.4, -0.2) is 21.8 Å². The van der Waals surface area contributed by atoms with Crippen LogP contribution in [-0.2, 0) is 8.85 Å². The fourth-order valence-corrected chi connectivity index (χ4v) is 4.73. The summed E-state index contributed by atoms with van der Waals surface area (Å²) in [6.45, 7) is 11.9. The standard InChI is InChI=1S/C24H50O2Si/c1-5-7-9-10-11-12-13-14-15-16-17-18-19-20-21-22-24-26-27(3,4)25-23-8-6-2/h6H,2,5,7-24H2,1,3-4H3. The molecule has 0 saturated carbocycles. The third-order valence-corrected chi connectivity index (χ3v) is 7.02. The van der Waals surface area contributed by atoms with Crippen molar-refractivity contribution in [1.29, 1.82) is 0 Å². The molecule has 2 nitrogen and oxygen atoms in total. The molecule has 0 aliphatic rings. The molecule has 0 radical (unpaired) electrons. The summed E-state index contributed by atoms with van der Waals surface area (Å²) in [7, 11) is -1.90. The van der Waals surface area contributed by atoms with Crippen LogP contribution in [0.5, 0.6) is 0 Å². The van der Waals surface area contributed by atoms with Gasteiger partial charge in [0.15, 0.2) is 0 Å². The Morgan fingerprint density at radius 3 is 1.37 bits per heavy atom. The zero-order valence-electron chi connectivity index (χ0n) is 19.0. The van der Waals surface area contributed by atoms with Crippen LogP contribution in [0.1, 0.15) is 116 Å². The van der Waals surface area contributed by atoms with Crippen LogP contribution in [0, 0.1) is 0 Å². The normalized spacial score (nSPS) is 11.8. The lowest BCUT2D eigenvalue weighted by molar-refractivity contribution is 0.178. The zero-order chi connectivity index (χ0) is 20.1. The first kappa shape index (κ1) is 26.9. The number of rotatable bonds is 22. The molecule has 3 heteroatoms. The van der Waals surface area contributed by atoms with Gasteiger partial charge in [0.05, 0.1) is 0 Å². The Kier molecular flexibility index (Phi) is 20.5. The molecular formula is C24H50O2Si. The summed E-state index contributed by atoms with van der Waals surface area (Å²) >= 11 is 0. The Morgan fingerprint density at radius 2 is 0.963 bits per heavy atom. The SMILES string of the molecule is C=CCCO[Si](C)(C)OCCCCCCCCCCCCCCCCCC. The molecule has 0 aromatic heterocycles. The van der Waals surface area contributed by atoms with E-state index in [9.17, 15) is 0 Å². The maximum absolute atomic E-state index is 5.98. The summed E-state index contributed by atoms with van der Waals surface area (Å²) in [6.07, 6.45) is 25.4. The monoisotopic (exact) mass is 398 g/mol. The molecule has 0 aliphatic carbocycles. The molecule has 0 amide bonds. The summed E-state index contributed by atoms with van der Waals surface area (Å²) in [5, 5.41) is 0. The van der Waals surface area contributed by atoms with Crippen molar-refractivity contribution < 1.29 is 8.85 Å². The first-order valence-electron chi connectivity index (χ1n) is 12.0. The van der Waals surface area contributed by atoms with Gasteiger partial charge in [0.2, 0.25) is 0 Å². The van der Waals surface area contributed by atoms with E-state index in [2.05, 4.69) is 26.6 Å². The minimum Gasteiger partial charge on any atom is -0.395 e. The number of hydrogen-bond acceptors (Lipinski definition) is 2. The molecule has 0 fully saturated rings. The first-order valence-corrected chi connectivity index (χ1v) is 14.8. The van der Waals surface area contributed by atoms with Crippen molar-refractivity contribution in [2.75, 3.05) is 13.2 Å². The Morgan fingerprint density at radius 1 is 0.593 bits per heavy atom. The maximum atomic E-state index is 5.98. The molecule has 162 valence electrons. The molecule has 0 saturated heterocycles. The van der Waals surface area contributed by atoms with Crippen LogP contribution < -0.4 is 0 Å². The van der Waals surface area contributed by atoms with Crippen LogP contribution in [0.2, 0.25) is 13.1 Å². The van der Waals surface area contributed by atoms with E-state index in [1.165, 1.54) is 103 Å². The van der Waals surface area contributed by atoms with Gasteiger partial charge in [-0.25, -0.2) is 0 Å². The molecule has 0 rings (SSSR count). The molecule has 0 aromatic carbocycles. The molecule has 0 N–H and O–H groups in total. The minimum atomic E-state index is -1.90. The van der Waals surface area contributed by atoms with E-state index < -0.39 is 8.56 Å². The third kappa shape index (κ3) is 22.0. The van der Waals surface area contributed by atoms with Gasteiger partial charge in [0.1, 0.15) is 0 Å². The fourth-order valence-electron chi connectivity index (χ4n) is 3.40. The second kappa shape index (κ2) is 20.6. The largest absolute Gasteiger partial charge is 0.395 e. The van der Waals surface area contributed by atoms with Gasteiger partial charge in [-0.05, 0) is 25.9 Å². The van der Waals surface area contributed by atoms with Crippen molar-refractivity contribution in [1.82, 2.24) is 0 Å². The van der Waals surface area contributed by atoms with Crippen LogP contribution >= 0.6 is 0 Å². The van der Waals surface area contributed by atoms with Crippen molar-refractivity contribution in [2.45, 2.75) is 129 Å². The first-order chi connectivity index (χ1) is 13.1. The third-order valence-electron chi connectivity index (χ3n) is 5.22.